The van der Waals surface area contributed by atoms with E-state index in [1.807, 2.05) is 0 Å². The van der Waals surface area contributed by atoms with Gasteiger partial charge in [0.1, 0.15) is 11.5 Å². The molecule has 0 radical (unpaired) electrons. The number of rotatable bonds is 6. The number of anilines is 1. The van der Waals surface area contributed by atoms with Crippen molar-refractivity contribution in [1.82, 2.24) is 4.98 Å². The van der Waals surface area contributed by atoms with Crippen molar-refractivity contribution in [3.05, 3.63) is 63.5 Å². The number of carbonyl (C=O) groups excluding carboxylic acids is 1. The van der Waals surface area contributed by atoms with Crippen molar-refractivity contribution in [3.63, 3.8) is 0 Å². The van der Waals surface area contributed by atoms with Gasteiger partial charge >= 0.3 is 0 Å². The van der Waals surface area contributed by atoms with Crippen LogP contribution < -0.4 is 14.8 Å². The van der Waals surface area contributed by atoms with E-state index in [0.717, 1.165) is 5.56 Å². The number of methoxy groups -OCH3 is 2. The molecule has 3 aromatic rings. The Morgan fingerprint density at radius 2 is 1.89 bits per heavy atom. The van der Waals surface area contributed by atoms with Crippen LogP contribution in [0.3, 0.4) is 0 Å². The minimum absolute atomic E-state index is 0.0757. The fraction of sp³-hybridized carbons (Fsp3) is 0.111. The van der Waals surface area contributed by atoms with Gasteiger partial charge in [0.25, 0.3) is 11.6 Å². The van der Waals surface area contributed by atoms with E-state index in [9.17, 15) is 14.9 Å². The van der Waals surface area contributed by atoms with Crippen LogP contribution >= 0.6 is 11.3 Å². The topological polar surface area (TPSA) is 104 Å². The van der Waals surface area contributed by atoms with Gasteiger partial charge in [-0.3, -0.25) is 20.2 Å². The van der Waals surface area contributed by atoms with Crippen molar-refractivity contribution in [3.8, 4) is 22.8 Å². The number of nitrogens with zero attached hydrogens (tertiary/aromatic N) is 2. The lowest BCUT2D eigenvalue weighted by Crippen LogP contribution is -2.11. The number of aromatic nitrogens is 1. The van der Waals surface area contributed by atoms with E-state index < -0.39 is 10.8 Å². The number of benzene rings is 2. The first-order chi connectivity index (χ1) is 13.0. The van der Waals surface area contributed by atoms with E-state index in [0.29, 0.717) is 27.9 Å². The number of thiazole rings is 1. The lowest BCUT2D eigenvalue weighted by Gasteiger charge is -2.08. The second-order valence-electron chi connectivity index (χ2n) is 5.36. The summed E-state index contributed by atoms with van der Waals surface area (Å²) < 4.78 is 10.6. The fourth-order valence-electron chi connectivity index (χ4n) is 2.37. The molecule has 0 fully saturated rings. The van der Waals surface area contributed by atoms with E-state index in [2.05, 4.69) is 10.3 Å². The number of ether oxygens (including phenoxy) is 2. The van der Waals surface area contributed by atoms with E-state index >= 15 is 0 Å². The summed E-state index contributed by atoms with van der Waals surface area (Å²) in [6, 6.07) is 10.7. The maximum Gasteiger partial charge on any atom is 0.269 e. The highest BCUT2D eigenvalue weighted by atomic mass is 32.1. The van der Waals surface area contributed by atoms with Crippen molar-refractivity contribution in [2.45, 2.75) is 0 Å². The van der Waals surface area contributed by atoms with Gasteiger partial charge in [0.15, 0.2) is 5.13 Å². The zero-order valence-electron chi connectivity index (χ0n) is 14.5. The maximum absolute atomic E-state index is 12.3. The summed E-state index contributed by atoms with van der Waals surface area (Å²) in [5.74, 6) is 0.896. The van der Waals surface area contributed by atoms with Gasteiger partial charge in [0.2, 0.25) is 0 Å². The third-order valence-electron chi connectivity index (χ3n) is 3.75. The van der Waals surface area contributed by atoms with Gasteiger partial charge in [-0.25, -0.2) is 4.98 Å². The summed E-state index contributed by atoms with van der Waals surface area (Å²) in [7, 11) is 3.14. The Kier molecular flexibility index (Phi) is 5.32. The first-order valence-corrected chi connectivity index (χ1v) is 8.63. The van der Waals surface area contributed by atoms with Crippen LogP contribution in [0.4, 0.5) is 10.8 Å². The zero-order valence-corrected chi connectivity index (χ0v) is 15.3. The van der Waals surface area contributed by atoms with Gasteiger partial charge in [0, 0.05) is 28.6 Å². The van der Waals surface area contributed by atoms with E-state index in [4.69, 9.17) is 9.47 Å². The van der Waals surface area contributed by atoms with Crippen LogP contribution in [0, 0.1) is 10.1 Å². The lowest BCUT2D eigenvalue weighted by molar-refractivity contribution is -0.384. The minimum atomic E-state index is -0.518. The summed E-state index contributed by atoms with van der Waals surface area (Å²) in [5, 5.41) is 15.6. The largest absolute Gasteiger partial charge is 0.497 e. The standard InChI is InChI=1S/C18H15N3O5S/c1-25-13-7-8-16(26-2)14(9-13)15-10-27-18(19-15)20-17(22)11-3-5-12(6-4-11)21(23)24/h3-10H,1-2H3,(H,19,20,22). The molecule has 0 bridgehead atoms. The first-order valence-electron chi connectivity index (χ1n) is 7.75. The molecule has 1 heterocycles. The normalized spacial score (nSPS) is 10.3. The third kappa shape index (κ3) is 4.04. The van der Waals surface area contributed by atoms with Gasteiger partial charge < -0.3 is 9.47 Å². The molecule has 0 spiro atoms. The fourth-order valence-corrected chi connectivity index (χ4v) is 3.08. The first kappa shape index (κ1) is 18.3. The Hall–Kier alpha value is -3.46. The highest BCUT2D eigenvalue weighted by Crippen LogP contribution is 2.35. The number of nitro benzene ring substituents is 1. The van der Waals surface area contributed by atoms with Crippen LogP contribution in [-0.2, 0) is 0 Å². The predicted octanol–water partition coefficient (Wildman–Crippen LogP) is 3.99. The van der Waals surface area contributed by atoms with E-state index in [1.165, 1.54) is 35.6 Å². The van der Waals surface area contributed by atoms with Gasteiger partial charge in [-0.05, 0) is 30.3 Å². The highest BCUT2D eigenvalue weighted by Gasteiger charge is 2.14. The van der Waals surface area contributed by atoms with E-state index in [-0.39, 0.29) is 5.69 Å². The molecular weight excluding hydrogens is 370 g/mol. The molecule has 0 atom stereocenters. The second-order valence-corrected chi connectivity index (χ2v) is 6.22. The predicted molar refractivity (Wildman–Crippen MR) is 102 cm³/mol. The number of carbonyl (C=O) groups is 1. The molecule has 138 valence electrons. The molecule has 2 aromatic carbocycles. The minimum Gasteiger partial charge on any atom is -0.497 e. The summed E-state index contributed by atoms with van der Waals surface area (Å²) in [4.78, 5) is 26.9. The second kappa shape index (κ2) is 7.83. The Morgan fingerprint density at radius 1 is 1.15 bits per heavy atom. The molecule has 0 saturated carbocycles. The van der Waals surface area contributed by atoms with Crippen LogP contribution in [0.25, 0.3) is 11.3 Å². The summed E-state index contributed by atoms with van der Waals surface area (Å²) >= 11 is 1.26. The molecule has 9 heteroatoms. The summed E-state index contributed by atoms with van der Waals surface area (Å²) in [6.07, 6.45) is 0. The lowest BCUT2D eigenvalue weighted by atomic mass is 10.1. The quantitative estimate of drug-likeness (QED) is 0.508. The number of hydrogen-bond donors (Lipinski definition) is 1. The summed E-state index contributed by atoms with van der Waals surface area (Å²) in [6.45, 7) is 0. The van der Waals surface area contributed by atoms with E-state index in [1.54, 1.807) is 37.8 Å². The Labute approximate surface area is 158 Å². The van der Waals surface area contributed by atoms with Gasteiger partial charge in [-0.2, -0.15) is 0 Å². The van der Waals surface area contributed by atoms with Crippen LogP contribution in [0.2, 0.25) is 0 Å². The van der Waals surface area contributed by atoms with Crippen molar-refractivity contribution in [2.75, 3.05) is 19.5 Å². The molecule has 0 aliphatic carbocycles. The molecule has 0 aliphatic heterocycles. The SMILES string of the molecule is COc1ccc(OC)c(-c2csc(NC(=O)c3ccc([N+](=O)[O-])cc3)n2)c1. The van der Waals surface area contributed by atoms with Crippen LogP contribution in [0.15, 0.2) is 47.8 Å². The van der Waals surface area contributed by atoms with Gasteiger partial charge in [-0.1, -0.05) is 0 Å². The van der Waals surface area contributed by atoms with Crippen LogP contribution in [0.1, 0.15) is 10.4 Å². The molecule has 27 heavy (non-hydrogen) atoms. The molecule has 0 unspecified atom stereocenters. The molecule has 1 N–H and O–H groups in total. The third-order valence-corrected chi connectivity index (χ3v) is 4.51. The number of nitro groups is 1. The number of nitrogens with one attached hydrogen (secondary N) is 1. The Bertz CT molecular complexity index is 985. The molecule has 0 aliphatic rings. The number of hydrogen-bond acceptors (Lipinski definition) is 7. The number of amides is 1. The molecule has 1 aromatic heterocycles. The molecule has 8 nitrogen and oxygen atoms in total. The van der Waals surface area contributed by atoms with Crippen molar-refractivity contribution in [2.24, 2.45) is 0 Å². The Balaban J connectivity index is 1.80. The summed E-state index contributed by atoms with van der Waals surface area (Å²) in [5.41, 5.74) is 1.60. The molecule has 3 rings (SSSR count). The molecular formula is C18H15N3O5S. The highest BCUT2D eigenvalue weighted by molar-refractivity contribution is 7.14. The van der Waals surface area contributed by atoms with Crippen molar-refractivity contribution in [1.29, 1.82) is 0 Å². The average Bonchev–Trinajstić information content (AvgIpc) is 3.15. The van der Waals surface area contributed by atoms with Crippen molar-refractivity contribution < 1.29 is 19.2 Å². The van der Waals surface area contributed by atoms with Gasteiger partial charge in [-0.15, -0.1) is 11.3 Å². The smallest absolute Gasteiger partial charge is 0.269 e. The zero-order chi connectivity index (χ0) is 19.4. The monoisotopic (exact) mass is 385 g/mol. The maximum atomic E-state index is 12.3. The molecule has 1 amide bonds. The Morgan fingerprint density at radius 3 is 2.52 bits per heavy atom. The van der Waals surface area contributed by atoms with Crippen LogP contribution in [-0.4, -0.2) is 30.0 Å². The number of non-ortho nitro benzene ring substituents is 1. The van der Waals surface area contributed by atoms with Gasteiger partial charge in [0.05, 0.1) is 24.8 Å². The average molecular weight is 385 g/mol. The van der Waals surface area contributed by atoms with Crippen molar-refractivity contribution >= 4 is 28.1 Å². The molecule has 0 saturated heterocycles. The van der Waals surface area contributed by atoms with Crippen LogP contribution in [0.5, 0.6) is 11.5 Å².